The van der Waals surface area contributed by atoms with Gasteiger partial charge in [-0.15, -0.1) is 0 Å². The second-order valence-corrected chi connectivity index (χ2v) is 4.13. The van der Waals surface area contributed by atoms with E-state index in [-0.39, 0.29) is 0 Å². The lowest BCUT2D eigenvalue weighted by molar-refractivity contribution is 0.0453. The van der Waals surface area contributed by atoms with Gasteiger partial charge in [0, 0.05) is 17.8 Å². The van der Waals surface area contributed by atoms with Crippen molar-refractivity contribution in [3.63, 3.8) is 0 Å². The van der Waals surface area contributed by atoms with Crippen LogP contribution in [0.3, 0.4) is 0 Å². The van der Waals surface area contributed by atoms with Crippen LogP contribution >= 0.6 is 0 Å². The fraction of sp³-hybridized carbons (Fsp3) is 0.455. The van der Waals surface area contributed by atoms with Crippen molar-refractivity contribution in [1.82, 2.24) is 4.98 Å². The molecule has 1 aromatic rings. The Morgan fingerprint density at radius 1 is 1.53 bits per heavy atom. The van der Waals surface area contributed by atoms with E-state index in [4.69, 9.17) is 10.5 Å². The summed E-state index contributed by atoms with van der Waals surface area (Å²) in [4.78, 5) is 15.0. The Bertz CT molecular complexity index is 361. The smallest absolute Gasteiger partial charge is 0.405 e. The summed E-state index contributed by atoms with van der Waals surface area (Å²) >= 11 is 0. The Morgan fingerprint density at radius 2 is 2.20 bits per heavy atom. The Kier molecular flexibility index (Phi) is 3.29. The van der Waals surface area contributed by atoms with E-state index >= 15 is 0 Å². The van der Waals surface area contributed by atoms with Crippen LogP contribution < -0.4 is 5.73 Å². The molecule has 2 N–H and O–H groups in total. The number of aromatic nitrogens is 1. The standard InChI is InChI=1S/C11H16N2O2/c1-8-5-4-6-9(13-8)7-11(2,3)15-10(12)14/h4-6H,7H2,1-3H3,(H2,12,14). The Labute approximate surface area is 89.5 Å². The maximum absolute atomic E-state index is 10.7. The van der Waals surface area contributed by atoms with Crippen LogP contribution in [0.4, 0.5) is 4.79 Å². The number of hydrogen-bond acceptors (Lipinski definition) is 3. The van der Waals surface area contributed by atoms with Crippen molar-refractivity contribution < 1.29 is 9.53 Å². The van der Waals surface area contributed by atoms with Crippen molar-refractivity contribution in [3.05, 3.63) is 29.6 Å². The minimum atomic E-state index is -0.757. The van der Waals surface area contributed by atoms with Crippen molar-refractivity contribution in [2.45, 2.75) is 32.8 Å². The average molecular weight is 208 g/mol. The molecule has 1 heterocycles. The van der Waals surface area contributed by atoms with Crippen LogP contribution in [0.1, 0.15) is 25.2 Å². The molecule has 1 rings (SSSR count). The van der Waals surface area contributed by atoms with Gasteiger partial charge in [0.1, 0.15) is 5.60 Å². The van der Waals surface area contributed by atoms with E-state index in [0.717, 1.165) is 11.4 Å². The number of carbonyl (C=O) groups excluding carboxylic acids is 1. The number of ether oxygens (including phenoxy) is 1. The molecular formula is C11H16N2O2. The molecule has 0 unspecified atom stereocenters. The fourth-order valence-electron chi connectivity index (χ4n) is 1.44. The molecule has 0 spiro atoms. The topological polar surface area (TPSA) is 65.2 Å². The predicted octanol–water partition coefficient (Wildman–Crippen LogP) is 1.81. The summed E-state index contributed by atoms with van der Waals surface area (Å²) in [6, 6.07) is 5.75. The van der Waals surface area contributed by atoms with Gasteiger partial charge in [0.05, 0.1) is 0 Å². The van der Waals surface area contributed by atoms with Crippen LogP contribution in [0, 0.1) is 6.92 Å². The van der Waals surface area contributed by atoms with Crippen molar-refractivity contribution in [2.75, 3.05) is 0 Å². The second-order valence-electron chi connectivity index (χ2n) is 4.13. The zero-order chi connectivity index (χ0) is 11.5. The predicted molar refractivity (Wildman–Crippen MR) is 57.4 cm³/mol. The van der Waals surface area contributed by atoms with Crippen molar-refractivity contribution in [3.8, 4) is 0 Å². The van der Waals surface area contributed by atoms with Crippen molar-refractivity contribution >= 4 is 6.09 Å². The summed E-state index contributed by atoms with van der Waals surface area (Å²) in [6.45, 7) is 5.54. The zero-order valence-corrected chi connectivity index (χ0v) is 9.28. The summed E-state index contributed by atoms with van der Waals surface area (Å²) in [5.41, 5.74) is 6.20. The molecule has 0 saturated heterocycles. The number of nitrogens with two attached hydrogens (primary N) is 1. The Balaban J connectivity index is 2.72. The summed E-state index contributed by atoms with van der Waals surface area (Å²) in [5.74, 6) is 0. The summed E-state index contributed by atoms with van der Waals surface area (Å²) in [5, 5.41) is 0. The van der Waals surface area contributed by atoms with Crippen LogP contribution in [-0.4, -0.2) is 16.7 Å². The minimum Gasteiger partial charge on any atom is -0.443 e. The first kappa shape index (κ1) is 11.5. The molecule has 0 aromatic carbocycles. The van der Waals surface area contributed by atoms with Crippen LogP contribution in [0.25, 0.3) is 0 Å². The first-order chi connectivity index (χ1) is 6.89. The first-order valence-corrected chi connectivity index (χ1v) is 4.80. The SMILES string of the molecule is Cc1cccc(CC(C)(C)OC(N)=O)n1. The molecule has 0 radical (unpaired) electrons. The first-order valence-electron chi connectivity index (χ1n) is 4.80. The third-order valence-electron chi connectivity index (χ3n) is 1.93. The van der Waals surface area contributed by atoms with Gasteiger partial charge in [0.25, 0.3) is 0 Å². The van der Waals surface area contributed by atoms with Gasteiger partial charge >= 0.3 is 6.09 Å². The molecule has 0 saturated carbocycles. The molecule has 1 aromatic heterocycles. The second kappa shape index (κ2) is 4.29. The van der Waals surface area contributed by atoms with E-state index < -0.39 is 11.7 Å². The van der Waals surface area contributed by atoms with Gasteiger partial charge in [-0.3, -0.25) is 4.98 Å². The monoisotopic (exact) mass is 208 g/mol. The molecule has 4 heteroatoms. The van der Waals surface area contributed by atoms with Gasteiger partial charge in [0.15, 0.2) is 0 Å². The lowest BCUT2D eigenvalue weighted by Crippen LogP contribution is -2.33. The third-order valence-corrected chi connectivity index (χ3v) is 1.93. The van der Waals surface area contributed by atoms with E-state index in [1.807, 2.05) is 39.0 Å². The highest BCUT2D eigenvalue weighted by atomic mass is 16.6. The highest BCUT2D eigenvalue weighted by Crippen LogP contribution is 2.15. The average Bonchev–Trinajstić information content (AvgIpc) is 1.99. The number of pyridine rings is 1. The number of aryl methyl sites for hydroxylation is 1. The van der Waals surface area contributed by atoms with E-state index in [2.05, 4.69) is 4.98 Å². The third kappa shape index (κ3) is 3.97. The van der Waals surface area contributed by atoms with Gasteiger partial charge in [-0.2, -0.15) is 0 Å². The number of nitrogens with zero attached hydrogens (tertiary/aromatic N) is 1. The molecule has 1 amide bonds. The maximum Gasteiger partial charge on any atom is 0.405 e. The number of amides is 1. The summed E-state index contributed by atoms with van der Waals surface area (Å²) in [7, 11) is 0. The van der Waals surface area contributed by atoms with Gasteiger partial charge in [-0.1, -0.05) is 6.07 Å². The van der Waals surface area contributed by atoms with Gasteiger partial charge in [-0.05, 0) is 32.9 Å². The van der Waals surface area contributed by atoms with E-state index in [1.54, 1.807) is 0 Å². The van der Waals surface area contributed by atoms with E-state index in [1.165, 1.54) is 0 Å². The van der Waals surface area contributed by atoms with E-state index in [0.29, 0.717) is 6.42 Å². The minimum absolute atomic E-state index is 0.553. The quantitative estimate of drug-likeness (QED) is 0.823. The molecule has 4 nitrogen and oxygen atoms in total. The number of carbonyl (C=O) groups is 1. The fourth-order valence-corrected chi connectivity index (χ4v) is 1.44. The largest absolute Gasteiger partial charge is 0.443 e. The highest BCUT2D eigenvalue weighted by Gasteiger charge is 2.22. The molecule has 0 aliphatic heterocycles. The molecular weight excluding hydrogens is 192 g/mol. The Hall–Kier alpha value is -1.58. The van der Waals surface area contributed by atoms with Crippen molar-refractivity contribution in [2.24, 2.45) is 5.73 Å². The molecule has 0 aliphatic carbocycles. The molecule has 0 atom stereocenters. The number of hydrogen-bond donors (Lipinski definition) is 1. The maximum atomic E-state index is 10.7. The van der Waals surface area contributed by atoms with Gasteiger partial charge in [-0.25, -0.2) is 4.79 Å². The number of rotatable bonds is 3. The van der Waals surface area contributed by atoms with Crippen LogP contribution in [0.5, 0.6) is 0 Å². The zero-order valence-electron chi connectivity index (χ0n) is 9.28. The molecule has 15 heavy (non-hydrogen) atoms. The number of primary amides is 1. The van der Waals surface area contributed by atoms with Gasteiger partial charge < -0.3 is 10.5 Å². The summed E-state index contributed by atoms with van der Waals surface area (Å²) in [6.07, 6.45) is -0.204. The summed E-state index contributed by atoms with van der Waals surface area (Å²) < 4.78 is 4.98. The highest BCUT2D eigenvalue weighted by molar-refractivity contribution is 5.65. The van der Waals surface area contributed by atoms with Crippen LogP contribution in [0.2, 0.25) is 0 Å². The normalized spacial score (nSPS) is 11.1. The van der Waals surface area contributed by atoms with Crippen LogP contribution in [-0.2, 0) is 11.2 Å². The van der Waals surface area contributed by atoms with Crippen LogP contribution in [0.15, 0.2) is 18.2 Å². The van der Waals surface area contributed by atoms with E-state index in [9.17, 15) is 4.79 Å². The Morgan fingerprint density at radius 3 is 2.73 bits per heavy atom. The molecule has 0 bridgehead atoms. The van der Waals surface area contributed by atoms with Crippen molar-refractivity contribution in [1.29, 1.82) is 0 Å². The van der Waals surface area contributed by atoms with Gasteiger partial charge in [0.2, 0.25) is 0 Å². The molecule has 0 aliphatic rings. The molecule has 0 fully saturated rings. The molecule has 82 valence electrons. The lowest BCUT2D eigenvalue weighted by Gasteiger charge is -2.23. The lowest BCUT2D eigenvalue weighted by atomic mass is 10.0.